The largest absolute Gasteiger partial charge is 0.490 e. The lowest BCUT2D eigenvalue weighted by Crippen LogP contribution is -2.30. The minimum atomic E-state index is 0.0501. The van der Waals surface area contributed by atoms with E-state index in [9.17, 15) is 0 Å². The van der Waals surface area contributed by atoms with Gasteiger partial charge in [0.1, 0.15) is 11.9 Å². The predicted molar refractivity (Wildman–Crippen MR) is 75.0 cm³/mol. The molecule has 94 valence electrons. The highest BCUT2D eigenvalue weighted by Gasteiger charge is 2.25. The molecule has 1 aliphatic heterocycles. The van der Waals surface area contributed by atoms with Gasteiger partial charge in [0, 0.05) is 23.0 Å². The van der Waals surface area contributed by atoms with Crippen molar-refractivity contribution in [3.8, 4) is 5.75 Å². The minimum absolute atomic E-state index is 0.0501. The third-order valence-corrected chi connectivity index (χ3v) is 4.14. The Balaban J connectivity index is 2.03. The normalized spacial score (nSPS) is 23.0. The summed E-state index contributed by atoms with van der Waals surface area (Å²) in [6, 6.07) is 5.75. The van der Waals surface area contributed by atoms with E-state index in [1.54, 1.807) is 0 Å². The van der Waals surface area contributed by atoms with Crippen LogP contribution in [0.2, 0.25) is 5.02 Å². The maximum atomic E-state index is 6.16. The van der Waals surface area contributed by atoms with Gasteiger partial charge in [-0.3, -0.25) is 0 Å². The van der Waals surface area contributed by atoms with Gasteiger partial charge in [-0.1, -0.05) is 18.5 Å². The maximum Gasteiger partial charge on any atom is 0.124 e. The number of nitrogens with two attached hydrogens (primary N) is 1. The summed E-state index contributed by atoms with van der Waals surface area (Å²) in [5, 5.41) is 0.725. The first-order chi connectivity index (χ1) is 8.20. The summed E-state index contributed by atoms with van der Waals surface area (Å²) < 4.78 is 5.95. The Bertz CT molecular complexity index is 386. The SMILES string of the molecule is CCSCCC1C[C@@H](N)c2cc(Cl)ccc2O1. The molecule has 1 heterocycles. The predicted octanol–water partition coefficient (Wildman–Crippen LogP) is 3.63. The van der Waals surface area contributed by atoms with Crippen LogP contribution in [0.25, 0.3) is 0 Å². The fourth-order valence-electron chi connectivity index (χ4n) is 2.09. The van der Waals surface area contributed by atoms with Crippen molar-refractivity contribution in [1.82, 2.24) is 0 Å². The highest BCUT2D eigenvalue weighted by molar-refractivity contribution is 7.99. The highest BCUT2D eigenvalue weighted by Crippen LogP contribution is 2.36. The molecule has 2 N–H and O–H groups in total. The van der Waals surface area contributed by atoms with Gasteiger partial charge >= 0.3 is 0 Å². The Morgan fingerprint density at radius 1 is 1.53 bits per heavy atom. The molecule has 1 aromatic carbocycles. The molecule has 0 aliphatic carbocycles. The molecule has 2 atom stereocenters. The van der Waals surface area contributed by atoms with E-state index in [1.165, 1.54) is 0 Å². The van der Waals surface area contributed by atoms with Gasteiger partial charge in [0.2, 0.25) is 0 Å². The molecule has 0 bridgehead atoms. The molecular weight excluding hydrogens is 254 g/mol. The van der Waals surface area contributed by atoms with Gasteiger partial charge < -0.3 is 10.5 Å². The molecule has 4 heteroatoms. The van der Waals surface area contributed by atoms with Gasteiger partial charge in [0.25, 0.3) is 0 Å². The summed E-state index contributed by atoms with van der Waals surface area (Å²) in [4.78, 5) is 0. The van der Waals surface area contributed by atoms with Crippen LogP contribution in [-0.2, 0) is 0 Å². The zero-order chi connectivity index (χ0) is 12.3. The third-order valence-electron chi connectivity index (χ3n) is 2.97. The van der Waals surface area contributed by atoms with Crippen LogP contribution < -0.4 is 10.5 Å². The number of halogens is 1. The summed E-state index contributed by atoms with van der Waals surface area (Å²) in [7, 11) is 0. The molecule has 0 radical (unpaired) electrons. The van der Waals surface area contributed by atoms with Gasteiger partial charge in [-0.25, -0.2) is 0 Å². The molecule has 0 amide bonds. The summed E-state index contributed by atoms with van der Waals surface area (Å²) in [6.07, 6.45) is 2.20. The quantitative estimate of drug-likeness (QED) is 0.850. The van der Waals surface area contributed by atoms with Crippen LogP contribution in [0.4, 0.5) is 0 Å². The van der Waals surface area contributed by atoms with Gasteiger partial charge in [-0.05, 0) is 36.1 Å². The first-order valence-corrected chi connectivity index (χ1v) is 7.53. The Labute approximate surface area is 112 Å². The molecule has 1 aromatic rings. The topological polar surface area (TPSA) is 35.2 Å². The average Bonchev–Trinajstić information content (AvgIpc) is 2.31. The molecule has 2 nitrogen and oxygen atoms in total. The second kappa shape index (κ2) is 5.98. The van der Waals surface area contributed by atoms with E-state index < -0.39 is 0 Å². The summed E-state index contributed by atoms with van der Waals surface area (Å²) in [5.41, 5.74) is 7.20. The molecule has 0 saturated carbocycles. The van der Waals surface area contributed by atoms with E-state index in [0.29, 0.717) is 0 Å². The number of benzene rings is 1. The van der Waals surface area contributed by atoms with Crippen LogP contribution in [0.3, 0.4) is 0 Å². The van der Waals surface area contributed by atoms with Crippen LogP contribution in [0, 0.1) is 0 Å². The monoisotopic (exact) mass is 271 g/mol. The fraction of sp³-hybridized carbons (Fsp3) is 0.538. The van der Waals surface area contributed by atoms with Crippen LogP contribution in [0.1, 0.15) is 31.4 Å². The lowest BCUT2D eigenvalue weighted by atomic mass is 9.96. The van der Waals surface area contributed by atoms with E-state index in [1.807, 2.05) is 30.0 Å². The van der Waals surface area contributed by atoms with Crippen molar-refractivity contribution in [2.75, 3.05) is 11.5 Å². The number of ether oxygens (including phenoxy) is 1. The lowest BCUT2D eigenvalue weighted by molar-refractivity contribution is 0.156. The van der Waals surface area contributed by atoms with Crippen molar-refractivity contribution in [3.05, 3.63) is 28.8 Å². The van der Waals surface area contributed by atoms with Gasteiger partial charge in [-0.15, -0.1) is 0 Å². The van der Waals surface area contributed by atoms with E-state index in [0.717, 1.165) is 40.7 Å². The van der Waals surface area contributed by atoms with Crippen molar-refractivity contribution in [1.29, 1.82) is 0 Å². The van der Waals surface area contributed by atoms with E-state index in [-0.39, 0.29) is 12.1 Å². The second-order valence-electron chi connectivity index (χ2n) is 4.25. The molecule has 0 spiro atoms. The van der Waals surface area contributed by atoms with Crippen molar-refractivity contribution >= 4 is 23.4 Å². The van der Waals surface area contributed by atoms with E-state index >= 15 is 0 Å². The van der Waals surface area contributed by atoms with Crippen LogP contribution >= 0.6 is 23.4 Å². The van der Waals surface area contributed by atoms with Gasteiger partial charge in [0.05, 0.1) is 0 Å². The number of hydrogen-bond donors (Lipinski definition) is 1. The third kappa shape index (κ3) is 3.30. The van der Waals surface area contributed by atoms with Crippen LogP contribution in [0.15, 0.2) is 18.2 Å². The van der Waals surface area contributed by atoms with Crippen molar-refractivity contribution < 1.29 is 4.74 Å². The summed E-state index contributed by atoms with van der Waals surface area (Å²) in [5.74, 6) is 3.20. The van der Waals surface area contributed by atoms with Crippen molar-refractivity contribution in [2.24, 2.45) is 5.73 Å². The first kappa shape index (κ1) is 13.1. The van der Waals surface area contributed by atoms with Crippen LogP contribution in [0.5, 0.6) is 5.75 Å². The Morgan fingerprint density at radius 2 is 2.35 bits per heavy atom. The van der Waals surface area contributed by atoms with E-state index in [4.69, 9.17) is 22.1 Å². The Kier molecular flexibility index (Phi) is 4.60. The molecule has 2 rings (SSSR count). The standard InChI is InChI=1S/C13H18ClNOS/c1-2-17-6-5-10-8-12(15)11-7-9(14)3-4-13(11)16-10/h3-4,7,10,12H,2,5-6,8,15H2,1H3/t10?,12-/m1/s1. The number of hydrogen-bond acceptors (Lipinski definition) is 3. The number of fused-ring (bicyclic) bond motifs is 1. The number of thioether (sulfide) groups is 1. The maximum absolute atomic E-state index is 6.16. The zero-order valence-corrected chi connectivity index (χ0v) is 11.6. The van der Waals surface area contributed by atoms with Gasteiger partial charge in [0.15, 0.2) is 0 Å². The van der Waals surface area contributed by atoms with Crippen molar-refractivity contribution in [3.63, 3.8) is 0 Å². The van der Waals surface area contributed by atoms with Crippen molar-refractivity contribution in [2.45, 2.75) is 31.9 Å². The highest BCUT2D eigenvalue weighted by atomic mass is 35.5. The molecule has 1 unspecified atom stereocenters. The zero-order valence-electron chi connectivity index (χ0n) is 9.99. The number of rotatable bonds is 4. The lowest BCUT2D eigenvalue weighted by Gasteiger charge is -2.30. The fourth-order valence-corrected chi connectivity index (χ4v) is 2.99. The summed E-state index contributed by atoms with van der Waals surface area (Å²) >= 11 is 7.91. The summed E-state index contributed by atoms with van der Waals surface area (Å²) in [6.45, 7) is 2.18. The molecule has 17 heavy (non-hydrogen) atoms. The molecule has 1 aliphatic rings. The molecule has 0 aromatic heterocycles. The molecule has 0 fully saturated rings. The minimum Gasteiger partial charge on any atom is -0.490 e. The smallest absolute Gasteiger partial charge is 0.124 e. The van der Waals surface area contributed by atoms with Crippen LogP contribution in [-0.4, -0.2) is 17.6 Å². The average molecular weight is 272 g/mol. The first-order valence-electron chi connectivity index (χ1n) is 6.00. The van der Waals surface area contributed by atoms with E-state index in [2.05, 4.69) is 6.92 Å². The Hall–Kier alpha value is -0.380. The second-order valence-corrected chi connectivity index (χ2v) is 6.08. The molecule has 0 saturated heterocycles. The Morgan fingerprint density at radius 3 is 3.12 bits per heavy atom. The van der Waals surface area contributed by atoms with Gasteiger partial charge in [-0.2, -0.15) is 11.8 Å². The molecular formula is C13H18ClNOS.